The average Bonchev–Trinajstić information content (AvgIpc) is 2.87. The first kappa shape index (κ1) is 12.6. The molecule has 96 valence electrons. The summed E-state index contributed by atoms with van der Waals surface area (Å²) in [7, 11) is 1.96. The smallest absolute Gasteiger partial charge is 0.231 e. The van der Waals surface area contributed by atoms with Crippen molar-refractivity contribution in [1.82, 2.24) is 15.5 Å². The molecule has 0 radical (unpaired) electrons. The largest absolute Gasteiger partial charge is 0.339 e. The monoisotopic (exact) mass is 237 g/mol. The number of likely N-dealkylation sites (N-methyl/N-ethyl adjacent to an activating group) is 1. The average molecular weight is 237 g/mol. The maximum absolute atomic E-state index is 5.40. The fourth-order valence-corrected chi connectivity index (χ4v) is 2.42. The summed E-state index contributed by atoms with van der Waals surface area (Å²) in [6, 6.07) is 0.356. The van der Waals surface area contributed by atoms with Gasteiger partial charge in [-0.3, -0.25) is 0 Å². The summed E-state index contributed by atoms with van der Waals surface area (Å²) in [6.45, 7) is 4.26. The Morgan fingerprint density at radius 3 is 2.59 bits per heavy atom. The van der Waals surface area contributed by atoms with Gasteiger partial charge in [-0.25, -0.2) is 0 Å². The molecule has 1 aromatic heterocycles. The molecule has 0 saturated heterocycles. The molecule has 0 bridgehead atoms. The van der Waals surface area contributed by atoms with Crippen molar-refractivity contribution in [2.24, 2.45) is 0 Å². The van der Waals surface area contributed by atoms with E-state index >= 15 is 0 Å². The second kappa shape index (κ2) is 5.63. The molecule has 4 nitrogen and oxygen atoms in total. The highest BCUT2D eigenvalue weighted by Crippen LogP contribution is 2.31. The minimum absolute atomic E-state index is 0.268. The van der Waals surface area contributed by atoms with Crippen molar-refractivity contribution in [3.05, 3.63) is 11.7 Å². The molecule has 1 heterocycles. The van der Waals surface area contributed by atoms with Crippen LogP contribution in [-0.2, 0) is 0 Å². The third-order valence-electron chi connectivity index (χ3n) is 4.02. The molecular formula is C13H23N3O. The lowest BCUT2D eigenvalue weighted by atomic mass is 9.89. The van der Waals surface area contributed by atoms with E-state index in [1.54, 1.807) is 0 Å². The molecule has 2 atom stereocenters. The van der Waals surface area contributed by atoms with E-state index in [0.29, 0.717) is 12.0 Å². The third kappa shape index (κ3) is 2.86. The summed E-state index contributed by atoms with van der Waals surface area (Å²) in [4.78, 5) is 4.59. The predicted octanol–water partition coefficient (Wildman–Crippen LogP) is 2.83. The zero-order valence-corrected chi connectivity index (χ0v) is 11.1. The van der Waals surface area contributed by atoms with Crippen LogP contribution in [0.3, 0.4) is 0 Å². The van der Waals surface area contributed by atoms with Gasteiger partial charge >= 0.3 is 0 Å². The number of nitrogens with one attached hydrogen (secondary N) is 1. The van der Waals surface area contributed by atoms with Gasteiger partial charge in [0, 0.05) is 12.0 Å². The van der Waals surface area contributed by atoms with E-state index in [4.69, 9.17) is 4.52 Å². The Balaban J connectivity index is 2.04. The van der Waals surface area contributed by atoms with Crippen LogP contribution in [-0.4, -0.2) is 23.2 Å². The topological polar surface area (TPSA) is 51.0 Å². The highest BCUT2D eigenvalue weighted by atomic mass is 16.5. The van der Waals surface area contributed by atoms with Crippen LogP contribution in [0.2, 0.25) is 0 Å². The lowest BCUT2D eigenvalue weighted by molar-refractivity contribution is 0.327. The summed E-state index contributed by atoms with van der Waals surface area (Å²) >= 11 is 0. The van der Waals surface area contributed by atoms with Crippen LogP contribution in [0.1, 0.15) is 69.5 Å². The molecule has 2 rings (SSSR count). The molecule has 1 aliphatic rings. The minimum atomic E-state index is 0.268. The Labute approximate surface area is 103 Å². The van der Waals surface area contributed by atoms with Gasteiger partial charge in [0.1, 0.15) is 0 Å². The molecule has 1 fully saturated rings. The first-order valence-corrected chi connectivity index (χ1v) is 6.73. The molecule has 1 aliphatic carbocycles. The van der Waals surface area contributed by atoms with Crippen LogP contribution in [0.25, 0.3) is 0 Å². The molecule has 2 unspecified atom stereocenters. The molecule has 0 aliphatic heterocycles. The number of aromatic nitrogens is 2. The van der Waals surface area contributed by atoms with Crippen LogP contribution in [0.4, 0.5) is 0 Å². The molecule has 0 aromatic carbocycles. The molecule has 1 aromatic rings. The quantitative estimate of drug-likeness (QED) is 0.875. The van der Waals surface area contributed by atoms with E-state index in [9.17, 15) is 0 Å². The molecular weight excluding hydrogens is 214 g/mol. The predicted molar refractivity (Wildman–Crippen MR) is 67.1 cm³/mol. The van der Waals surface area contributed by atoms with E-state index in [-0.39, 0.29) is 5.92 Å². The van der Waals surface area contributed by atoms with Gasteiger partial charge in [0.25, 0.3) is 0 Å². The van der Waals surface area contributed by atoms with Gasteiger partial charge in [-0.15, -0.1) is 0 Å². The summed E-state index contributed by atoms with van der Waals surface area (Å²) in [5.41, 5.74) is 0. The van der Waals surface area contributed by atoms with E-state index in [2.05, 4.69) is 29.3 Å². The summed E-state index contributed by atoms with van der Waals surface area (Å²) in [5.74, 6) is 2.49. The first-order valence-electron chi connectivity index (χ1n) is 6.73. The second-order valence-corrected chi connectivity index (χ2v) is 5.19. The van der Waals surface area contributed by atoms with Crippen molar-refractivity contribution in [3.8, 4) is 0 Å². The fraction of sp³-hybridized carbons (Fsp3) is 0.846. The van der Waals surface area contributed by atoms with Gasteiger partial charge in [-0.2, -0.15) is 4.98 Å². The Hall–Kier alpha value is -0.900. The van der Waals surface area contributed by atoms with Gasteiger partial charge in [0.2, 0.25) is 5.89 Å². The first-order chi connectivity index (χ1) is 8.22. The van der Waals surface area contributed by atoms with E-state index in [1.165, 1.54) is 32.1 Å². The van der Waals surface area contributed by atoms with Gasteiger partial charge in [0.05, 0.1) is 5.92 Å². The van der Waals surface area contributed by atoms with E-state index in [0.717, 1.165) is 11.7 Å². The second-order valence-electron chi connectivity index (χ2n) is 5.19. The number of hydrogen-bond acceptors (Lipinski definition) is 4. The van der Waals surface area contributed by atoms with Gasteiger partial charge in [0.15, 0.2) is 5.82 Å². The number of rotatable bonds is 4. The highest BCUT2D eigenvalue weighted by molar-refractivity contribution is 5.01. The molecule has 1 saturated carbocycles. The van der Waals surface area contributed by atoms with Crippen molar-refractivity contribution >= 4 is 0 Å². The normalized spacial score (nSPS) is 21.4. The minimum Gasteiger partial charge on any atom is -0.339 e. The molecule has 1 N–H and O–H groups in total. The van der Waals surface area contributed by atoms with Crippen molar-refractivity contribution in [1.29, 1.82) is 0 Å². The maximum Gasteiger partial charge on any atom is 0.231 e. The van der Waals surface area contributed by atoms with E-state index in [1.807, 2.05) is 7.05 Å². The number of hydrogen-bond donors (Lipinski definition) is 1. The maximum atomic E-state index is 5.40. The molecule has 0 spiro atoms. The van der Waals surface area contributed by atoms with Crippen molar-refractivity contribution in [2.75, 3.05) is 7.05 Å². The fourth-order valence-electron chi connectivity index (χ4n) is 2.42. The van der Waals surface area contributed by atoms with Gasteiger partial charge < -0.3 is 9.84 Å². The Morgan fingerprint density at radius 2 is 1.94 bits per heavy atom. The van der Waals surface area contributed by atoms with Crippen LogP contribution < -0.4 is 5.32 Å². The van der Waals surface area contributed by atoms with Crippen LogP contribution in [0.5, 0.6) is 0 Å². The van der Waals surface area contributed by atoms with Crippen LogP contribution in [0, 0.1) is 0 Å². The molecule has 4 heteroatoms. The zero-order valence-electron chi connectivity index (χ0n) is 11.1. The van der Waals surface area contributed by atoms with Gasteiger partial charge in [-0.05, 0) is 26.8 Å². The van der Waals surface area contributed by atoms with Crippen molar-refractivity contribution in [3.63, 3.8) is 0 Å². The van der Waals surface area contributed by atoms with Crippen molar-refractivity contribution in [2.45, 2.75) is 63.8 Å². The standard InChI is InChI=1S/C13H23N3O/c1-9(10(2)14-3)13-15-12(16-17-13)11-7-5-4-6-8-11/h9-11,14H,4-8H2,1-3H3. The lowest BCUT2D eigenvalue weighted by Crippen LogP contribution is -2.27. The highest BCUT2D eigenvalue weighted by Gasteiger charge is 2.24. The lowest BCUT2D eigenvalue weighted by Gasteiger charge is -2.18. The van der Waals surface area contributed by atoms with Crippen LogP contribution in [0.15, 0.2) is 4.52 Å². The Kier molecular flexibility index (Phi) is 4.15. The third-order valence-corrected chi connectivity index (χ3v) is 4.02. The van der Waals surface area contributed by atoms with Crippen LogP contribution >= 0.6 is 0 Å². The zero-order chi connectivity index (χ0) is 12.3. The van der Waals surface area contributed by atoms with Crippen molar-refractivity contribution < 1.29 is 4.52 Å². The summed E-state index contributed by atoms with van der Waals surface area (Å²) in [5, 5.41) is 7.39. The van der Waals surface area contributed by atoms with E-state index < -0.39 is 0 Å². The SMILES string of the molecule is CNC(C)C(C)c1nc(C2CCCCC2)no1. The van der Waals surface area contributed by atoms with Gasteiger partial charge in [-0.1, -0.05) is 31.3 Å². The summed E-state index contributed by atoms with van der Waals surface area (Å²) in [6.07, 6.45) is 6.40. The number of nitrogens with zero attached hydrogens (tertiary/aromatic N) is 2. The molecule has 17 heavy (non-hydrogen) atoms. The molecule has 0 amide bonds. The Morgan fingerprint density at radius 1 is 1.24 bits per heavy atom. The summed E-state index contributed by atoms with van der Waals surface area (Å²) < 4.78 is 5.40. The Bertz CT molecular complexity index is 328.